The lowest BCUT2D eigenvalue weighted by atomic mass is 10.0. The number of ether oxygens (including phenoxy) is 1. The summed E-state index contributed by atoms with van der Waals surface area (Å²) < 4.78 is 5.70. The number of carbonyl (C=O) groups is 1. The molecule has 0 aromatic carbocycles. The van der Waals surface area contributed by atoms with Gasteiger partial charge in [-0.1, -0.05) is 55.5 Å². The largest absolute Gasteiger partial charge is 0.481 e. The van der Waals surface area contributed by atoms with E-state index in [4.69, 9.17) is 9.84 Å². The summed E-state index contributed by atoms with van der Waals surface area (Å²) >= 11 is 0. The number of hydrogen-bond donors (Lipinski definition) is 4. The zero-order valence-electron chi connectivity index (χ0n) is 16.6. The Balaban J connectivity index is 2.34. The van der Waals surface area contributed by atoms with Crippen LogP contribution in [0.1, 0.15) is 51.9 Å². The van der Waals surface area contributed by atoms with E-state index in [9.17, 15) is 20.1 Å². The molecule has 1 fully saturated rings. The average Bonchev–Trinajstić information content (AvgIpc) is 3.03. The number of carboxylic acid groups (broad SMARTS) is 1. The molecule has 1 aliphatic rings. The fraction of sp³-hybridized carbons (Fsp3) is 0.591. The van der Waals surface area contributed by atoms with Gasteiger partial charge in [-0.15, -0.1) is 0 Å². The topological polar surface area (TPSA) is 107 Å². The van der Waals surface area contributed by atoms with Gasteiger partial charge in [-0.05, 0) is 32.1 Å². The van der Waals surface area contributed by atoms with Crippen molar-refractivity contribution in [2.75, 3.05) is 0 Å². The number of aliphatic hydroxyl groups excluding tert-OH is 3. The van der Waals surface area contributed by atoms with E-state index in [1.165, 1.54) is 0 Å². The normalized spacial score (nSPS) is 25.5. The van der Waals surface area contributed by atoms with Crippen LogP contribution in [-0.2, 0) is 9.53 Å². The Bertz CT molecular complexity index is 551. The van der Waals surface area contributed by atoms with Crippen LogP contribution >= 0.6 is 0 Å². The summed E-state index contributed by atoms with van der Waals surface area (Å²) in [5.41, 5.74) is 0. The van der Waals surface area contributed by atoms with Crippen molar-refractivity contribution in [2.24, 2.45) is 0 Å². The summed E-state index contributed by atoms with van der Waals surface area (Å²) in [5.74, 6) is -0.854. The minimum Gasteiger partial charge on any atom is -0.481 e. The number of aliphatic carboxylic acids is 1. The molecule has 4 N–H and O–H groups in total. The Morgan fingerprint density at radius 3 is 2.54 bits per heavy atom. The minimum atomic E-state index is -0.854. The van der Waals surface area contributed by atoms with Crippen molar-refractivity contribution in [3.05, 3.63) is 48.6 Å². The maximum absolute atomic E-state index is 10.4. The van der Waals surface area contributed by atoms with Gasteiger partial charge in [-0.25, -0.2) is 0 Å². The molecule has 0 bridgehead atoms. The van der Waals surface area contributed by atoms with Gasteiger partial charge in [0.15, 0.2) is 0 Å². The highest BCUT2D eigenvalue weighted by Crippen LogP contribution is 2.25. The monoisotopic (exact) mass is 394 g/mol. The molecule has 158 valence electrons. The lowest BCUT2D eigenvalue weighted by Crippen LogP contribution is -2.25. The van der Waals surface area contributed by atoms with Gasteiger partial charge >= 0.3 is 5.97 Å². The van der Waals surface area contributed by atoms with Crippen molar-refractivity contribution in [1.82, 2.24) is 0 Å². The molecule has 1 heterocycles. The number of rotatable bonds is 13. The smallest absolute Gasteiger partial charge is 0.303 e. The maximum atomic E-state index is 10.4. The number of carboxylic acids is 1. The summed E-state index contributed by atoms with van der Waals surface area (Å²) in [5, 5.41) is 38.9. The number of hydrogen-bond acceptors (Lipinski definition) is 5. The Kier molecular flexibility index (Phi) is 12.4. The molecule has 6 nitrogen and oxygen atoms in total. The molecule has 1 saturated heterocycles. The van der Waals surface area contributed by atoms with Gasteiger partial charge in [0.1, 0.15) is 6.10 Å². The first-order valence-corrected chi connectivity index (χ1v) is 9.98. The maximum Gasteiger partial charge on any atom is 0.303 e. The van der Waals surface area contributed by atoms with E-state index >= 15 is 0 Å². The van der Waals surface area contributed by atoms with Crippen molar-refractivity contribution in [1.29, 1.82) is 0 Å². The van der Waals surface area contributed by atoms with Crippen molar-refractivity contribution in [2.45, 2.75) is 82.4 Å². The lowest BCUT2D eigenvalue weighted by Gasteiger charge is -2.16. The molecule has 0 aliphatic carbocycles. The van der Waals surface area contributed by atoms with Crippen molar-refractivity contribution in [3.63, 3.8) is 0 Å². The van der Waals surface area contributed by atoms with Crippen molar-refractivity contribution >= 4 is 5.97 Å². The Morgan fingerprint density at radius 2 is 1.82 bits per heavy atom. The highest BCUT2D eigenvalue weighted by molar-refractivity contribution is 5.66. The molecular formula is C22H34O6. The van der Waals surface area contributed by atoms with Crippen molar-refractivity contribution < 1.29 is 30.0 Å². The lowest BCUT2D eigenvalue weighted by molar-refractivity contribution is -0.136. The molecule has 28 heavy (non-hydrogen) atoms. The van der Waals surface area contributed by atoms with Crippen LogP contribution in [0.15, 0.2) is 48.6 Å². The predicted molar refractivity (Wildman–Crippen MR) is 109 cm³/mol. The molecule has 0 spiro atoms. The highest BCUT2D eigenvalue weighted by Gasteiger charge is 2.35. The Labute approximate surface area is 167 Å². The van der Waals surface area contributed by atoms with E-state index in [1.807, 2.05) is 12.2 Å². The Hall–Kier alpha value is -1.73. The molecule has 6 heteroatoms. The van der Waals surface area contributed by atoms with Crippen LogP contribution in [0.2, 0.25) is 0 Å². The van der Waals surface area contributed by atoms with Gasteiger partial charge in [0.2, 0.25) is 0 Å². The molecular weight excluding hydrogens is 360 g/mol. The van der Waals surface area contributed by atoms with Crippen LogP contribution < -0.4 is 0 Å². The third-order valence-corrected chi connectivity index (χ3v) is 4.42. The fourth-order valence-electron chi connectivity index (χ4n) is 2.84. The molecule has 0 saturated carbocycles. The van der Waals surface area contributed by atoms with Gasteiger partial charge in [0.05, 0.1) is 24.4 Å². The molecule has 0 unspecified atom stereocenters. The second-order valence-electron chi connectivity index (χ2n) is 6.92. The van der Waals surface area contributed by atoms with E-state index in [0.29, 0.717) is 25.7 Å². The first-order chi connectivity index (χ1) is 13.4. The van der Waals surface area contributed by atoms with E-state index in [0.717, 1.165) is 12.8 Å². The summed E-state index contributed by atoms with van der Waals surface area (Å²) in [6, 6.07) is 0. The fourth-order valence-corrected chi connectivity index (χ4v) is 2.84. The van der Waals surface area contributed by atoms with E-state index < -0.39 is 36.5 Å². The SMILES string of the molecule is CC/C=C\C/C=C\C[C@H](O)/C=C/[C@H]1O[C@@H]([C@@H](O)C/C=C\CCC(=O)O)C[C@H]1O. The van der Waals surface area contributed by atoms with Crippen LogP contribution in [0.25, 0.3) is 0 Å². The van der Waals surface area contributed by atoms with Gasteiger partial charge in [-0.3, -0.25) is 4.79 Å². The van der Waals surface area contributed by atoms with Gasteiger partial charge in [0, 0.05) is 12.8 Å². The van der Waals surface area contributed by atoms with Gasteiger partial charge in [0.25, 0.3) is 0 Å². The zero-order valence-corrected chi connectivity index (χ0v) is 16.6. The predicted octanol–water partition coefficient (Wildman–Crippen LogP) is 2.90. The van der Waals surface area contributed by atoms with Gasteiger partial charge < -0.3 is 25.2 Å². The van der Waals surface area contributed by atoms with E-state index in [1.54, 1.807) is 24.3 Å². The second-order valence-corrected chi connectivity index (χ2v) is 6.92. The standard InChI is InChI=1S/C22H34O6/c1-2-3-4-5-6-8-11-17(23)14-15-20-19(25)16-21(28-20)18(24)12-9-7-10-13-22(26)27/h3-4,6-9,14-15,17-21,23-25H,2,5,10-13,16H2,1H3,(H,26,27)/b4-3-,8-6-,9-7-,15-14+/t17-,18-,19+,20+,21+/m0/s1. The van der Waals surface area contributed by atoms with Gasteiger partial charge in [-0.2, -0.15) is 0 Å². The van der Waals surface area contributed by atoms with Crippen LogP contribution in [0, 0.1) is 0 Å². The van der Waals surface area contributed by atoms with Crippen molar-refractivity contribution in [3.8, 4) is 0 Å². The number of allylic oxidation sites excluding steroid dienone is 4. The zero-order chi connectivity index (χ0) is 20.8. The van der Waals surface area contributed by atoms with Crippen LogP contribution in [-0.4, -0.2) is 56.9 Å². The summed E-state index contributed by atoms with van der Waals surface area (Å²) in [6.45, 7) is 2.08. The second kappa shape index (κ2) is 14.3. The highest BCUT2D eigenvalue weighted by atomic mass is 16.5. The molecule has 0 aromatic rings. The third kappa shape index (κ3) is 10.6. The minimum absolute atomic E-state index is 0.0606. The Morgan fingerprint density at radius 1 is 1.11 bits per heavy atom. The third-order valence-electron chi connectivity index (χ3n) is 4.42. The molecule has 0 amide bonds. The summed E-state index contributed by atoms with van der Waals surface area (Å²) in [6.07, 6.45) is 15.1. The summed E-state index contributed by atoms with van der Waals surface area (Å²) in [4.78, 5) is 10.4. The van der Waals surface area contributed by atoms with Crippen LogP contribution in [0.4, 0.5) is 0 Å². The van der Waals surface area contributed by atoms with Crippen LogP contribution in [0.5, 0.6) is 0 Å². The molecule has 5 atom stereocenters. The molecule has 0 radical (unpaired) electrons. The molecule has 0 aromatic heterocycles. The molecule has 1 rings (SSSR count). The first kappa shape index (κ1) is 24.3. The summed E-state index contributed by atoms with van der Waals surface area (Å²) in [7, 11) is 0. The number of aliphatic hydroxyl groups is 3. The molecule has 1 aliphatic heterocycles. The van der Waals surface area contributed by atoms with E-state index in [2.05, 4.69) is 19.1 Å². The quantitative estimate of drug-likeness (QED) is 0.358. The van der Waals surface area contributed by atoms with Crippen LogP contribution in [0.3, 0.4) is 0 Å². The average molecular weight is 395 g/mol. The first-order valence-electron chi connectivity index (χ1n) is 9.98. The van der Waals surface area contributed by atoms with E-state index in [-0.39, 0.29) is 6.42 Å².